The lowest BCUT2D eigenvalue weighted by Gasteiger charge is -2.24. The Hall–Kier alpha value is -3.38. The number of methoxy groups -OCH3 is 1. The second-order valence-corrected chi connectivity index (χ2v) is 7.83. The molecule has 0 bridgehead atoms. The van der Waals surface area contributed by atoms with Gasteiger partial charge in [-0.25, -0.2) is 5.01 Å². The summed E-state index contributed by atoms with van der Waals surface area (Å²) >= 11 is 0. The molecule has 1 atom stereocenters. The van der Waals surface area contributed by atoms with E-state index in [1.54, 1.807) is 12.1 Å². The third-order valence-corrected chi connectivity index (χ3v) is 5.40. The number of hydrogen-bond acceptors (Lipinski definition) is 5. The predicted molar refractivity (Wildman–Crippen MR) is 120 cm³/mol. The lowest BCUT2D eigenvalue weighted by atomic mass is 9.98. The highest BCUT2D eigenvalue weighted by Gasteiger charge is 2.33. The quantitative estimate of drug-likeness (QED) is 0.572. The van der Waals surface area contributed by atoms with Crippen molar-refractivity contribution in [1.29, 1.82) is 0 Å². The molecule has 0 N–H and O–H groups in total. The molecule has 0 radical (unpaired) electrons. The van der Waals surface area contributed by atoms with Crippen molar-refractivity contribution >= 4 is 11.6 Å². The van der Waals surface area contributed by atoms with Crippen molar-refractivity contribution in [3.63, 3.8) is 0 Å². The van der Waals surface area contributed by atoms with Crippen molar-refractivity contribution in [3.8, 4) is 5.75 Å². The normalized spacial score (nSPS) is 15.9. The Morgan fingerprint density at radius 2 is 1.87 bits per heavy atom. The largest absolute Gasteiger partial charge is 0.497 e. The monoisotopic (exact) mass is 417 g/mol. The Bertz CT molecular complexity index is 1060. The van der Waals surface area contributed by atoms with Gasteiger partial charge in [-0.2, -0.15) is 5.10 Å². The molecule has 1 aliphatic rings. The molecule has 1 amide bonds. The van der Waals surface area contributed by atoms with Crippen LogP contribution in [0, 0.1) is 6.92 Å². The van der Waals surface area contributed by atoms with Crippen LogP contribution in [0.1, 0.15) is 35.1 Å². The molecule has 0 saturated heterocycles. The van der Waals surface area contributed by atoms with Crippen LogP contribution in [0.5, 0.6) is 5.75 Å². The molecule has 1 aromatic heterocycles. The molecule has 31 heavy (non-hydrogen) atoms. The van der Waals surface area contributed by atoms with Gasteiger partial charge >= 0.3 is 0 Å². The van der Waals surface area contributed by atoms with Crippen molar-refractivity contribution in [2.45, 2.75) is 25.9 Å². The number of benzene rings is 2. The number of rotatable bonds is 7. The number of likely N-dealkylation sites (N-methyl/N-ethyl adjacent to an activating group) is 1. The van der Waals surface area contributed by atoms with Gasteiger partial charge in [-0.3, -0.25) is 9.69 Å². The van der Waals surface area contributed by atoms with E-state index in [2.05, 4.69) is 0 Å². The number of hydrazone groups is 1. The third kappa shape index (κ3) is 4.86. The molecule has 0 aliphatic carbocycles. The fraction of sp³-hybridized carbons (Fsp3) is 0.280. The summed E-state index contributed by atoms with van der Waals surface area (Å²) < 4.78 is 10.9. The van der Waals surface area contributed by atoms with Crippen LogP contribution in [0.25, 0.3) is 0 Å². The van der Waals surface area contributed by atoms with Crippen LogP contribution in [-0.4, -0.2) is 42.2 Å². The fourth-order valence-electron chi connectivity index (χ4n) is 3.83. The van der Waals surface area contributed by atoms with Gasteiger partial charge in [0.15, 0.2) is 0 Å². The zero-order chi connectivity index (χ0) is 21.8. The van der Waals surface area contributed by atoms with E-state index in [1.807, 2.05) is 85.6 Å². The van der Waals surface area contributed by atoms with Gasteiger partial charge in [0.05, 0.1) is 32.0 Å². The number of amides is 1. The number of nitrogens with zero attached hydrogens (tertiary/aromatic N) is 3. The summed E-state index contributed by atoms with van der Waals surface area (Å²) in [7, 11) is 3.56. The van der Waals surface area contributed by atoms with Crippen LogP contribution < -0.4 is 4.74 Å². The topological polar surface area (TPSA) is 58.3 Å². The predicted octanol–water partition coefficient (Wildman–Crippen LogP) is 4.41. The molecule has 6 heteroatoms. The molecule has 0 fully saturated rings. The second-order valence-electron chi connectivity index (χ2n) is 7.83. The average molecular weight is 418 g/mol. The minimum atomic E-state index is -0.145. The first kappa shape index (κ1) is 20.9. The molecular weight excluding hydrogens is 390 g/mol. The SMILES string of the molecule is COc1ccc([C@@H]2CC(c3ccccc3)=NN2C(=O)CN(C)Cc2ccc(C)o2)cc1. The van der Waals surface area contributed by atoms with Crippen LogP contribution in [0.2, 0.25) is 0 Å². The number of furan rings is 1. The molecule has 2 heterocycles. The van der Waals surface area contributed by atoms with Crippen LogP contribution in [0.3, 0.4) is 0 Å². The Labute approximate surface area is 182 Å². The minimum absolute atomic E-state index is 0.0440. The van der Waals surface area contributed by atoms with Crippen molar-refractivity contribution in [2.24, 2.45) is 5.10 Å². The van der Waals surface area contributed by atoms with Crippen molar-refractivity contribution < 1.29 is 13.9 Å². The zero-order valence-electron chi connectivity index (χ0n) is 18.1. The molecule has 6 nitrogen and oxygen atoms in total. The zero-order valence-corrected chi connectivity index (χ0v) is 18.1. The fourth-order valence-corrected chi connectivity index (χ4v) is 3.83. The molecule has 0 saturated carbocycles. The van der Waals surface area contributed by atoms with E-state index in [4.69, 9.17) is 14.3 Å². The highest BCUT2D eigenvalue weighted by atomic mass is 16.5. The van der Waals surface area contributed by atoms with Crippen LogP contribution in [0.4, 0.5) is 0 Å². The summed E-state index contributed by atoms with van der Waals surface area (Å²) in [5.74, 6) is 2.45. The third-order valence-electron chi connectivity index (χ3n) is 5.40. The Kier molecular flexibility index (Phi) is 6.18. The summed E-state index contributed by atoms with van der Waals surface area (Å²) in [4.78, 5) is 15.2. The van der Waals surface area contributed by atoms with Gasteiger partial charge in [0, 0.05) is 6.42 Å². The van der Waals surface area contributed by atoms with Gasteiger partial charge in [-0.1, -0.05) is 42.5 Å². The number of aryl methyl sites for hydroxylation is 1. The van der Waals surface area contributed by atoms with Crippen molar-refractivity contribution in [3.05, 3.63) is 89.4 Å². The van der Waals surface area contributed by atoms with E-state index >= 15 is 0 Å². The molecule has 1 aliphatic heterocycles. The first-order chi connectivity index (χ1) is 15.0. The molecule has 0 spiro atoms. The average Bonchev–Trinajstić information content (AvgIpc) is 3.41. The van der Waals surface area contributed by atoms with Crippen molar-refractivity contribution in [2.75, 3.05) is 20.7 Å². The lowest BCUT2D eigenvalue weighted by Crippen LogP contribution is -2.36. The molecule has 3 aromatic rings. The molecule has 160 valence electrons. The first-order valence-electron chi connectivity index (χ1n) is 10.4. The van der Waals surface area contributed by atoms with Crippen molar-refractivity contribution in [1.82, 2.24) is 9.91 Å². The van der Waals surface area contributed by atoms with Gasteiger partial charge in [0.25, 0.3) is 5.91 Å². The smallest absolute Gasteiger partial charge is 0.257 e. The van der Waals surface area contributed by atoms with Gasteiger partial charge < -0.3 is 9.15 Å². The van der Waals surface area contributed by atoms with Crippen LogP contribution in [-0.2, 0) is 11.3 Å². The first-order valence-corrected chi connectivity index (χ1v) is 10.4. The minimum Gasteiger partial charge on any atom is -0.497 e. The van der Waals surface area contributed by atoms with E-state index < -0.39 is 0 Å². The summed E-state index contributed by atoms with van der Waals surface area (Å²) in [6.07, 6.45) is 0.670. The lowest BCUT2D eigenvalue weighted by molar-refractivity contribution is -0.134. The van der Waals surface area contributed by atoms with E-state index in [1.165, 1.54) is 0 Å². The number of carbonyl (C=O) groups is 1. The number of ether oxygens (including phenoxy) is 1. The van der Waals surface area contributed by atoms with Gasteiger partial charge in [0.2, 0.25) is 0 Å². The Morgan fingerprint density at radius 1 is 1.13 bits per heavy atom. The van der Waals surface area contributed by atoms with E-state index in [-0.39, 0.29) is 18.5 Å². The Balaban J connectivity index is 1.54. The highest BCUT2D eigenvalue weighted by molar-refractivity contribution is 6.03. The van der Waals surface area contributed by atoms with Gasteiger partial charge in [-0.15, -0.1) is 0 Å². The maximum atomic E-state index is 13.3. The number of carbonyl (C=O) groups excluding carboxylic acids is 1. The molecule has 4 rings (SSSR count). The van der Waals surface area contributed by atoms with E-state index in [9.17, 15) is 4.79 Å². The van der Waals surface area contributed by atoms with Gasteiger partial charge in [-0.05, 0) is 49.4 Å². The molecular formula is C25H27N3O3. The Morgan fingerprint density at radius 3 is 2.52 bits per heavy atom. The summed E-state index contributed by atoms with van der Waals surface area (Å²) in [6, 6.07) is 21.6. The molecule has 2 aromatic carbocycles. The summed E-state index contributed by atoms with van der Waals surface area (Å²) in [5.41, 5.74) is 2.99. The maximum Gasteiger partial charge on any atom is 0.257 e. The number of hydrogen-bond donors (Lipinski definition) is 0. The van der Waals surface area contributed by atoms with Crippen LogP contribution in [0.15, 0.2) is 76.2 Å². The van der Waals surface area contributed by atoms with Gasteiger partial charge in [0.1, 0.15) is 17.3 Å². The van der Waals surface area contributed by atoms with E-state index in [0.717, 1.165) is 34.1 Å². The highest BCUT2D eigenvalue weighted by Crippen LogP contribution is 2.33. The second kappa shape index (κ2) is 9.18. The van der Waals surface area contributed by atoms with Crippen LogP contribution >= 0.6 is 0 Å². The molecule has 0 unspecified atom stereocenters. The standard InChI is InChI=1S/C25H27N3O3/c1-18-9-12-22(31-18)16-27(2)17-25(29)28-24(20-10-13-21(30-3)14-11-20)15-23(26-28)19-7-5-4-6-8-19/h4-14,24H,15-17H2,1-3H3/t24-/m0/s1. The maximum absolute atomic E-state index is 13.3. The van der Waals surface area contributed by atoms with E-state index in [0.29, 0.717) is 13.0 Å². The summed E-state index contributed by atoms with van der Waals surface area (Å²) in [5, 5.41) is 6.37. The summed E-state index contributed by atoms with van der Waals surface area (Å²) in [6.45, 7) is 2.73.